The van der Waals surface area contributed by atoms with Crippen LogP contribution in [0.2, 0.25) is 5.02 Å². The molecule has 1 saturated heterocycles. The molecule has 8 nitrogen and oxygen atoms in total. The molecule has 11 heteroatoms. The van der Waals surface area contributed by atoms with Crippen LogP contribution in [0.25, 0.3) is 5.69 Å². The second kappa shape index (κ2) is 7.08. The molecule has 1 atom stereocenters. The Labute approximate surface area is 147 Å². The number of rotatable bonds is 5. The van der Waals surface area contributed by atoms with Gasteiger partial charge in [-0.1, -0.05) is 23.4 Å². The number of tetrazole rings is 1. The van der Waals surface area contributed by atoms with Gasteiger partial charge in [0.2, 0.25) is 5.16 Å². The predicted molar refractivity (Wildman–Crippen MR) is 88.0 cm³/mol. The van der Waals surface area contributed by atoms with E-state index in [9.17, 15) is 13.2 Å². The summed E-state index contributed by atoms with van der Waals surface area (Å²) >= 11 is 6.96. The Balaban J connectivity index is 1.58. The van der Waals surface area contributed by atoms with Crippen molar-refractivity contribution in [3.63, 3.8) is 0 Å². The minimum Gasteiger partial charge on any atom is -0.461 e. The number of sulfone groups is 1. The van der Waals surface area contributed by atoms with Crippen LogP contribution in [0.1, 0.15) is 6.42 Å². The molecule has 3 rings (SSSR count). The van der Waals surface area contributed by atoms with Crippen molar-refractivity contribution >= 4 is 39.2 Å². The average Bonchev–Trinajstić information content (AvgIpc) is 3.12. The zero-order valence-electron chi connectivity index (χ0n) is 12.3. The lowest BCUT2D eigenvalue weighted by atomic mass is 10.3. The molecule has 0 amide bonds. The van der Waals surface area contributed by atoms with Gasteiger partial charge < -0.3 is 4.74 Å². The Morgan fingerprint density at radius 3 is 2.79 bits per heavy atom. The van der Waals surface area contributed by atoms with E-state index in [1.165, 1.54) is 4.68 Å². The fraction of sp³-hybridized carbons (Fsp3) is 0.385. The zero-order valence-corrected chi connectivity index (χ0v) is 14.7. The van der Waals surface area contributed by atoms with Gasteiger partial charge in [-0.3, -0.25) is 4.79 Å². The first-order valence-electron chi connectivity index (χ1n) is 7.00. The monoisotopic (exact) mass is 388 g/mol. The van der Waals surface area contributed by atoms with Crippen LogP contribution in [0.4, 0.5) is 0 Å². The minimum absolute atomic E-state index is 0.00941. The van der Waals surface area contributed by atoms with Gasteiger partial charge in [-0.05, 0) is 41.1 Å². The maximum Gasteiger partial charge on any atom is 0.316 e. The third kappa shape index (κ3) is 4.25. The van der Waals surface area contributed by atoms with Crippen molar-refractivity contribution in [1.29, 1.82) is 0 Å². The van der Waals surface area contributed by atoms with Crippen LogP contribution >= 0.6 is 23.4 Å². The molecule has 24 heavy (non-hydrogen) atoms. The van der Waals surface area contributed by atoms with Crippen LogP contribution in [-0.2, 0) is 19.4 Å². The predicted octanol–water partition coefficient (Wildman–Crippen LogP) is 1.14. The van der Waals surface area contributed by atoms with E-state index in [0.717, 1.165) is 11.8 Å². The number of halogens is 1. The molecule has 1 aliphatic heterocycles. The Morgan fingerprint density at radius 2 is 2.12 bits per heavy atom. The van der Waals surface area contributed by atoms with Crippen LogP contribution in [0.15, 0.2) is 29.4 Å². The van der Waals surface area contributed by atoms with E-state index in [2.05, 4.69) is 15.5 Å². The molecular weight excluding hydrogens is 376 g/mol. The molecule has 1 aromatic carbocycles. The number of hydrogen-bond acceptors (Lipinski definition) is 8. The van der Waals surface area contributed by atoms with Crippen molar-refractivity contribution in [2.75, 3.05) is 17.3 Å². The van der Waals surface area contributed by atoms with Crippen molar-refractivity contribution in [3.05, 3.63) is 29.3 Å². The van der Waals surface area contributed by atoms with E-state index < -0.39 is 21.9 Å². The van der Waals surface area contributed by atoms with Gasteiger partial charge in [0.1, 0.15) is 6.10 Å². The van der Waals surface area contributed by atoms with Crippen molar-refractivity contribution in [1.82, 2.24) is 20.2 Å². The second-order valence-corrected chi connectivity index (χ2v) is 8.76. The highest BCUT2D eigenvalue weighted by Crippen LogP contribution is 2.21. The number of esters is 1. The Bertz CT molecular complexity index is 838. The molecule has 0 saturated carbocycles. The molecule has 0 spiro atoms. The summed E-state index contributed by atoms with van der Waals surface area (Å²) in [7, 11) is -3.08. The van der Waals surface area contributed by atoms with E-state index in [0.29, 0.717) is 22.3 Å². The van der Waals surface area contributed by atoms with Gasteiger partial charge in [-0.25, -0.2) is 8.42 Å². The smallest absolute Gasteiger partial charge is 0.316 e. The van der Waals surface area contributed by atoms with Gasteiger partial charge in [0, 0.05) is 5.02 Å². The van der Waals surface area contributed by atoms with Gasteiger partial charge in [0.05, 0.1) is 22.9 Å². The molecule has 0 unspecified atom stereocenters. The van der Waals surface area contributed by atoms with Crippen LogP contribution in [0.5, 0.6) is 0 Å². The van der Waals surface area contributed by atoms with Crippen LogP contribution in [0, 0.1) is 0 Å². The van der Waals surface area contributed by atoms with Crippen molar-refractivity contribution in [3.8, 4) is 5.69 Å². The molecule has 2 heterocycles. The summed E-state index contributed by atoms with van der Waals surface area (Å²) in [5, 5.41) is 12.4. The highest BCUT2D eigenvalue weighted by Gasteiger charge is 2.30. The van der Waals surface area contributed by atoms with Crippen molar-refractivity contribution < 1.29 is 17.9 Å². The molecule has 1 aliphatic rings. The first-order valence-corrected chi connectivity index (χ1v) is 10.2. The second-order valence-electron chi connectivity index (χ2n) is 5.15. The lowest BCUT2D eigenvalue weighted by Gasteiger charge is -2.09. The number of nitrogens with zero attached hydrogens (tertiary/aromatic N) is 4. The summed E-state index contributed by atoms with van der Waals surface area (Å²) in [5.41, 5.74) is 0.710. The highest BCUT2D eigenvalue weighted by molar-refractivity contribution is 7.99. The number of hydrogen-bond donors (Lipinski definition) is 0. The van der Waals surface area contributed by atoms with Crippen molar-refractivity contribution in [2.45, 2.75) is 17.7 Å². The van der Waals surface area contributed by atoms with E-state index >= 15 is 0 Å². The summed E-state index contributed by atoms with van der Waals surface area (Å²) in [4.78, 5) is 11.9. The molecule has 1 aromatic heterocycles. The Kier molecular flexibility index (Phi) is 5.07. The lowest BCUT2D eigenvalue weighted by Crippen LogP contribution is -2.20. The Hall–Kier alpha value is -1.65. The summed E-state index contributed by atoms with van der Waals surface area (Å²) in [6, 6.07) is 6.93. The van der Waals surface area contributed by atoms with E-state index in [4.69, 9.17) is 16.3 Å². The summed E-state index contributed by atoms with van der Waals surface area (Å²) in [6.45, 7) is 0. The van der Waals surface area contributed by atoms with Crippen LogP contribution < -0.4 is 0 Å². The normalized spacial score (nSPS) is 19.3. The maximum absolute atomic E-state index is 11.9. The topological polar surface area (TPSA) is 104 Å². The van der Waals surface area contributed by atoms with Gasteiger partial charge in [0.25, 0.3) is 0 Å². The molecule has 1 fully saturated rings. The maximum atomic E-state index is 11.9. The molecule has 0 aliphatic carbocycles. The molecule has 0 bridgehead atoms. The summed E-state index contributed by atoms with van der Waals surface area (Å²) < 4.78 is 29.4. The lowest BCUT2D eigenvalue weighted by molar-refractivity contribution is -0.144. The third-order valence-corrected chi connectivity index (χ3v) is 6.20. The molecule has 0 radical (unpaired) electrons. The number of carbonyl (C=O) groups excluding carboxylic acids is 1. The van der Waals surface area contributed by atoms with Gasteiger partial charge in [-0.2, -0.15) is 4.68 Å². The molecular formula is C13H13ClN4O4S2. The van der Waals surface area contributed by atoms with Crippen molar-refractivity contribution in [2.24, 2.45) is 0 Å². The highest BCUT2D eigenvalue weighted by atomic mass is 35.5. The average molecular weight is 389 g/mol. The van der Waals surface area contributed by atoms with Gasteiger partial charge in [0.15, 0.2) is 9.84 Å². The third-order valence-electron chi connectivity index (χ3n) is 3.32. The van der Waals surface area contributed by atoms with E-state index in [-0.39, 0.29) is 17.3 Å². The van der Waals surface area contributed by atoms with Crippen LogP contribution in [0.3, 0.4) is 0 Å². The SMILES string of the molecule is O=C(CSc1nnnn1-c1ccc(Cl)cc1)O[C@@H]1CCS(=O)(=O)C1. The Morgan fingerprint density at radius 1 is 1.38 bits per heavy atom. The first kappa shape index (κ1) is 17.2. The quantitative estimate of drug-likeness (QED) is 0.554. The largest absolute Gasteiger partial charge is 0.461 e. The number of ether oxygens (including phenoxy) is 1. The van der Waals surface area contributed by atoms with Gasteiger partial charge >= 0.3 is 5.97 Å². The zero-order chi connectivity index (χ0) is 17.2. The summed E-state index contributed by atoms with van der Waals surface area (Å²) in [5.74, 6) is -0.545. The fourth-order valence-electron chi connectivity index (χ4n) is 2.21. The first-order chi connectivity index (χ1) is 11.4. The van der Waals surface area contributed by atoms with E-state index in [1.54, 1.807) is 24.3 Å². The fourth-order valence-corrected chi connectivity index (χ4v) is 4.60. The van der Waals surface area contributed by atoms with Gasteiger partial charge in [-0.15, -0.1) is 5.10 Å². The number of benzene rings is 1. The standard InChI is InChI=1S/C13H13ClN4O4S2/c14-9-1-3-10(4-2-9)18-13(15-16-17-18)23-7-12(19)22-11-5-6-24(20,21)8-11/h1-4,11H,5-8H2/t11-/m1/s1. The van der Waals surface area contributed by atoms with Crippen LogP contribution in [-0.4, -0.2) is 58.0 Å². The number of aromatic nitrogens is 4. The minimum atomic E-state index is -3.08. The molecule has 128 valence electrons. The molecule has 0 N–H and O–H groups in total. The summed E-state index contributed by atoms with van der Waals surface area (Å²) in [6.07, 6.45) is -0.211. The number of carbonyl (C=O) groups is 1. The molecule has 2 aromatic rings. The van der Waals surface area contributed by atoms with E-state index in [1.807, 2.05) is 0 Å². The number of thioether (sulfide) groups is 1.